The summed E-state index contributed by atoms with van der Waals surface area (Å²) in [5.41, 5.74) is 0.383. The van der Waals surface area contributed by atoms with E-state index in [1.165, 1.54) is 21.3 Å². The van der Waals surface area contributed by atoms with Gasteiger partial charge in [-0.3, -0.25) is 4.79 Å². The van der Waals surface area contributed by atoms with Gasteiger partial charge in [-0.25, -0.2) is 0 Å². The average Bonchev–Trinajstić information content (AvgIpc) is 2.45. The van der Waals surface area contributed by atoms with Gasteiger partial charge < -0.3 is 24.3 Å². The molecule has 0 saturated carbocycles. The Kier molecular flexibility index (Phi) is 6.11. The molecule has 0 spiro atoms. The van der Waals surface area contributed by atoms with E-state index < -0.39 is 0 Å². The lowest BCUT2D eigenvalue weighted by molar-refractivity contribution is 0.0902. The summed E-state index contributed by atoms with van der Waals surface area (Å²) >= 11 is 0. The Bertz CT molecular complexity index is 461. The summed E-state index contributed by atoms with van der Waals surface area (Å²) in [5.74, 6) is 1.14. The van der Waals surface area contributed by atoms with Crippen LogP contribution in [-0.4, -0.2) is 47.0 Å². The monoisotopic (exact) mass is 283 g/mol. The van der Waals surface area contributed by atoms with Crippen molar-refractivity contribution in [2.45, 2.75) is 13.0 Å². The Morgan fingerprint density at radius 2 is 1.60 bits per heavy atom. The van der Waals surface area contributed by atoms with Gasteiger partial charge in [-0.2, -0.15) is 0 Å². The molecule has 1 atom stereocenters. The van der Waals surface area contributed by atoms with Crippen molar-refractivity contribution in [3.63, 3.8) is 0 Å². The van der Waals surface area contributed by atoms with Crippen molar-refractivity contribution in [2.24, 2.45) is 0 Å². The zero-order valence-corrected chi connectivity index (χ0v) is 12.5. The van der Waals surface area contributed by atoms with E-state index in [1.807, 2.05) is 6.92 Å². The molecule has 0 radical (unpaired) electrons. The molecule has 1 rings (SSSR count). The second-order valence-corrected chi connectivity index (χ2v) is 4.24. The third kappa shape index (κ3) is 3.77. The molecule has 1 N–H and O–H groups in total. The van der Waals surface area contributed by atoms with Gasteiger partial charge in [-0.15, -0.1) is 0 Å². The van der Waals surface area contributed by atoms with Crippen molar-refractivity contribution in [1.82, 2.24) is 5.32 Å². The van der Waals surface area contributed by atoms with Crippen molar-refractivity contribution < 1.29 is 23.7 Å². The van der Waals surface area contributed by atoms with Crippen molar-refractivity contribution in [3.05, 3.63) is 17.7 Å². The molecular weight excluding hydrogens is 262 g/mol. The first-order valence-electron chi connectivity index (χ1n) is 6.17. The molecule has 0 aliphatic carbocycles. The highest BCUT2D eigenvalue weighted by atomic mass is 16.5. The number of hydrogen-bond donors (Lipinski definition) is 1. The third-order valence-corrected chi connectivity index (χ3v) is 2.74. The minimum atomic E-state index is -0.257. The SMILES string of the molecule is COC[C@@H](C)NC(=O)c1cc(OC)c(OC)cc1OC. The maximum Gasteiger partial charge on any atom is 0.255 e. The molecule has 6 nitrogen and oxygen atoms in total. The van der Waals surface area contributed by atoms with Gasteiger partial charge in [0.1, 0.15) is 5.75 Å². The molecule has 20 heavy (non-hydrogen) atoms. The standard InChI is InChI=1S/C14H21NO5/c1-9(8-17-2)15-14(16)10-6-12(19-4)13(20-5)7-11(10)18-3/h6-7,9H,8H2,1-5H3,(H,15,16)/t9-/m1/s1. The predicted molar refractivity (Wildman–Crippen MR) is 74.9 cm³/mol. The largest absolute Gasteiger partial charge is 0.496 e. The molecular formula is C14H21NO5. The van der Waals surface area contributed by atoms with Crippen molar-refractivity contribution in [2.75, 3.05) is 35.0 Å². The van der Waals surface area contributed by atoms with Gasteiger partial charge in [0, 0.05) is 25.3 Å². The summed E-state index contributed by atoms with van der Waals surface area (Å²) in [7, 11) is 6.12. The Labute approximate surface area is 119 Å². The van der Waals surface area contributed by atoms with E-state index in [1.54, 1.807) is 19.2 Å². The Balaban J connectivity index is 3.06. The summed E-state index contributed by atoms with van der Waals surface area (Å²) in [4.78, 5) is 12.2. The summed E-state index contributed by atoms with van der Waals surface area (Å²) in [6.07, 6.45) is 0. The van der Waals surface area contributed by atoms with Crippen molar-refractivity contribution in [3.8, 4) is 17.2 Å². The Morgan fingerprint density at radius 1 is 1.05 bits per heavy atom. The molecule has 112 valence electrons. The summed E-state index contributed by atoms with van der Waals surface area (Å²) in [5, 5.41) is 2.82. The quantitative estimate of drug-likeness (QED) is 0.821. The van der Waals surface area contributed by atoms with Crippen molar-refractivity contribution >= 4 is 5.91 Å². The number of methoxy groups -OCH3 is 4. The first-order valence-corrected chi connectivity index (χ1v) is 6.17. The van der Waals surface area contributed by atoms with Crippen LogP contribution < -0.4 is 19.5 Å². The summed E-state index contributed by atoms with van der Waals surface area (Å²) in [6.45, 7) is 2.29. The molecule has 0 aliphatic heterocycles. The van der Waals surface area contributed by atoms with Crippen LogP contribution in [0.25, 0.3) is 0 Å². The smallest absolute Gasteiger partial charge is 0.255 e. The maximum absolute atomic E-state index is 12.2. The minimum Gasteiger partial charge on any atom is -0.496 e. The number of hydrogen-bond acceptors (Lipinski definition) is 5. The van der Waals surface area contributed by atoms with Gasteiger partial charge in [-0.1, -0.05) is 0 Å². The fourth-order valence-electron chi connectivity index (χ4n) is 1.80. The third-order valence-electron chi connectivity index (χ3n) is 2.74. The Hall–Kier alpha value is -1.95. The number of amides is 1. The summed E-state index contributed by atoms with van der Waals surface area (Å²) in [6, 6.07) is 3.10. The van der Waals surface area contributed by atoms with E-state index in [0.29, 0.717) is 29.4 Å². The van der Waals surface area contributed by atoms with E-state index in [-0.39, 0.29) is 11.9 Å². The molecule has 0 unspecified atom stereocenters. The van der Waals surface area contributed by atoms with Crippen LogP contribution in [0, 0.1) is 0 Å². The number of nitrogens with one attached hydrogen (secondary N) is 1. The second-order valence-electron chi connectivity index (χ2n) is 4.24. The Morgan fingerprint density at radius 3 is 2.10 bits per heavy atom. The molecule has 0 fully saturated rings. The highest BCUT2D eigenvalue weighted by Gasteiger charge is 2.18. The fourth-order valence-corrected chi connectivity index (χ4v) is 1.80. The van der Waals surface area contributed by atoms with Crippen LogP contribution in [0.15, 0.2) is 12.1 Å². The lowest BCUT2D eigenvalue weighted by Crippen LogP contribution is -2.35. The number of carbonyl (C=O) groups is 1. The number of rotatable bonds is 7. The lowest BCUT2D eigenvalue weighted by atomic mass is 10.1. The zero-order valence-electron chi connectivity index (χ0n) is 12.5. The van der Waals surface area contributed by atoms with Gasteiger partial charge >= 0.3 is 0 Å². The molecule has 1 amide bonds. The molecule has 1 aromatic carbocycles. The van der Waals surface area contributed by atoms with E-state index in [0.717, 1.165) is 0 Å². The zero-order chi connectivity index (χ0) is 15.1. The number of ether oxygens (including phenoxy) is 4. The van der Waals surface area contributed by atoms with Crippen LogP contribution >= 0.6 is 0 Å². The first-order chi connectivity index (χ1) is 9.57. The van der Waals surface area contributed by atoms with Crippen LogP contribution in [0.4, 0.5) is 0 Å². The van der Waals surface area contributed by atoms with Gasteiger partial charge in [0.25, 0.3) is 5.91 Å². The number of benzene rings is 1. The maximum atomic E-state index is 12.2. The molecule has 0 aliphatic rings. The highest BCUT2D eigenvalue weighted by Crippen LogP contribution is 2.34. The van der Waals surface area contributed by atoms with Gasteiger partial charge in [0.05, 0.1) is 33.5 Å². The lowest BCUT2D eigenvalue weighted by Gasteiger charge is -2.16. The molecule has 0 saturated heterocycles. The predicted octanol–water partition coefficient (Wildman–Crippen LogP) is 1.48. The molecule has 0 aromatic heterocycles. The molecule has 6 heteroatoms. The topological polar surface area (TPSA) is 66.0 Å². The average molecular weight is 283 g/mol. The number of carbonyl (C=O) groups excluding carboxylic acids is 1. The normalized spacial score (nSPS) is 11.7. The van der Waals surface area contributed by atoms with E-state index in [9.17, 15) is 4.79 Å². The van der Waals surface area contributed by atoms with Crippen LogP contribution in [-0.2, 0) is 4.74 Å². The molecule has 0 bridgehead atoms. The van der Waals surface area contributed by atoms with E-state index >= 15 is 0 Å². The van der Waals surface area contributed by atoms with E-state index in [2.05, 4.69) is 5.32 Å². The van der Waals surface area contributed by atoms with Crippen LogP contribution in [0.5, 0.6) is 17.2 Å². The highest BCUT2D eigenvalue weighted by molar-refractivity contribution is 5.98. The van der Waals surface area contributed by atoms with Crippen LogP contribution in [0.2, 0.25) is 0 Å². The first kappa shape index (κ1) is 16.1. The minimum absolute atomic E-state index is 0.106. The summed E-state index contributed by atoms with van der Waals surface area (Å²) < 4.78 is 20.6. The van der Waals surface area contributed by atoms with Crippen LogP contribution in [0.1, 0.15) is 17.3 Å². The second kappa shape index (κ2) is 7.59. The molecule has 0 heterocycles. The van der Waals surface area contributed by atoms with Gasteiger partial charge in [0.2, 0.25) is 0 Å². The van der Waals surface area contributed by atoms with Crippen LogP contribution in [0.3, 0.4) is 0 Å². The van der Waals surface area contributed by atoms with Crippen molar-refractivity contribution in [1.29, 1.82) is 0 Å². The van der Waals surface area contributed by atoms with Gasteiger partial charge in [0.15, 0.2) is 11.5 Å². The van der Waals surface area contributed by atoms with Gasteiger partial charge in [-0.05, 0) is 6.92 Å². The fraction of sp³-hybridized carbons (Fsp3) is 0.500. The van der Waals surface area contributed by atoms with E-state index in [4.69, 9.17) is 18.9 Å². The molecule has 1 aromatic rings.